The molecule has 0 aliphatic heterocycles. The van der Waals surface area contributed by atoms with Crippen LogP contribution in [-0.2, 0) is 9.53 Å². The van der Waals surface area contributed by atoms with Gasteiger partial charge in [-0.3, -0.25) is 5.32 Å². The molecule has 0 radical (unpaired) electrons. The van der Waals surface area contributed by atoms with Gasteiger partial charge in [0, 0.05) is 11.8 Å². The summed E-state index contributed by atoms with van der Waals surface area (Å²) in [5.41, 5.74) is 1.09. The molecule has 34 heavy (non-hydrogen) atoms. The maximum absolute atomic E-state index is 12.7. The quantitative estimate of drug-likeness (QED) is 0.360. The number of hydrogen-bond acceptors (Lipinski definition) is 6. The number of hydrogen-bond donors (Lipinski definition) is 3. The maximum atomic E-state index is 12.7. The van der Waals surface area contributed by atoms with E-state index in [2.05, 4.69) is 5.32 Å². The Morgan fingerprint density at radius 1 is 0.882 bits per heavy atom. The van der Waals surface area contributed by atoms with Gasteiger partial charge in [0.25, 0.3) is 0 Å². The fraction of sp³-hybridized carbons (Fsp3) is 0.154. The summed E-state index contributed by atoms with van der Waals surface area (Å²) < 4.78 is 17.1. The minimum absolute atomic E-state index is 0.125. The lowest BCUT2D eigenvalue weighted by Crippen LogP contribution is -2.29. The highest BCUT2D eigenvalue weighted by Gasteiger charge is 2.28. The number of aliphatic carboxylic acids is 1. The fourth-order valence-corrected chi connectivity index (χ4v) is 3.06. The lowest BCUT2D eigenvalue weighted by atomic mass is 10.0. The first-order chi connectivity index (χ1) is 16.5. The normalized spacial score (nSPS) is 12.5. The van der Waals surface area contributed by atoms with Crippen LogP contribution in [0.4, 0.5) is 10.5 Å². The zero-order chi connectivity index (χ0) is 24.2. The van der Waals surface area contributed by atoms with Gasteiger partial charge < -0.3 is 24.4 Å². The van der Waals surface area contributed by atoms with Crippen molar-refractivity contribution < 1.29 is 34.0 Å². The van der Waals surface area contributed by atoms with E-state index in [9.17, 15) is 14.7 Å². The molecule has 2 atom stereocenters. The smallest absolute Gasteiger partial charge is 0.412 e. The molecular formula is C26H25NO7. The number of carboxylic acid groups (broad SMARTS) is 1. The minimum atomic E-state index is -1.16. The molecule has 0 aromatic heterocycles. The summed E-state index contributed by atoms with van der Waals surface area (Å²) in [7, 11) is 0. The van der Waals surface area contributed by atoms with Gasteiger partial charge >= 0.3 is 12.1 Å². The number of amides is 1. The van der Waals surface area contributed by atoms with Crippen LogP contribution in [-0.4, -0.2) is 41.6 Å². The molecule has 0 fully saturated rings. The zero-order valence-electron chi connectivity index (χ0n) is 18.2. The molecule has 0 aliphatic carbocycles. The van der Waals surface area contributed by atoms with Crippen LogP contribution in [0.25, 0.3) is 0 Å². The summed E-state index contributed by atoms with van der Waals surface area (Å²) in [5, 5.41) is 20.8. The molecule has 0 bridgehead atoms. The highest BCUT2D eigenvalue weighted by Crippen LogP contribution is 2.29. The number of ether oxygens (including phenoxy) is 3. The van der Waals surface area contributed by atoms with Crippen molar-refractivity contribution in [2.24, 2.45) is 0 Å². The van der Waals surface area contributed by atoms with Crippen molar-refractivity contribution >= 4 is 17.7 Å². The fourth-order valence-electron chi connectivity index (χ4n) is 3.06. The maximum Gasteiger partial charge on any atom is 0.412 e. The number of aliphatic hydroxyl groups excluding tert-OH is 1. The Bertz CT molecular complexity index is 1070. The molecule has 0 saturated heterocycles. The Hall–Kier alpha value is -4.30. The SMILES string of the molecule is O=C(O)/C=C/[C@@H](Oc1ccccc1)[C@H](OC(=O)Nc1ccccc1)c1ccc(OCCO)cc1. The van der Waals surface area contributed by atoms with E-state index in [0.29, 0.717) is 22.7 Å². The lowest BCUT2D eigenvalue weighted by Gasteiger charge is -2.26. The van der Waals surface area contributed by atoms with Crippen molar-refractivity contribution in [3.8, 4) is 11.5 Å². The average Bonchev–Trinajstić information content (AvgIpc) is 2.85. The number of carbonyl (C=O) groups is 2. The van der Waals surface area contributed by atoms with E-state index in [4.69, 9.17) is 19.3 Å². The Morgan fingerprint density at radius 3 is 2.15 bits per heavy atom. The number of rotatable bonds is 11. The Kier molecular flexibility index (Phi) is 9.07. The van der Waals surface area contributed by atoms with E-state index in [1.807, 2.05) is 12.1 Å². The van der Waals surface area contributed by atoms with E-state index < -0.39 is 24.3 Å². The number of carbonyl (C=O) groups excluding carboxylic acids is 1. The molecule has 8 nitrogen and oxygen atoms in total. The number of nitrogens with one attached hydrogen (secondary N) is 1. The number of carboxylic acids is 1. The molecule has 1 amide bonds. The predicted molar refractivity (Wildman–Crippen MR) is 126 cm³/mol. The third-order valence-corrected chi connectivity index (χ3v) is 4.57. The van der Waals surface area contributed by atoms with Crippen LogP contribution >= 0.6 is 0 Å². The van der Waals surface area contributed by atoms with Crippen molar-refractivity contribution in [1.82, 2.24) is 0 Å². The topological polar surface area (TPSA) is 114 Å². The Morgan fingerprint density at radius 2 is 1.53 bits per heavy atom. The first-order valence-corrected chi connectivity index (χ1v) is 10.5. The van der Waals surface area contributed by atoms with Gasteiger partial charge in [-0.2, -0.15) is 0 Å². The third kappa shape index (κ3) is 7.68. The number of benzene rings is 3. The van der Waals surface area contributed by atoms with E-state index in [1.165, 1.54) is 6.08 Å². The number of para-hydroxylation sites is 2. The minimum Gasteiger partial charge on any atom is -0.491 e. The second-order valence-electron chi connectivity index (χ2n) is 7.05. The molecule has 8 heteroatoms. The van der Waals surface area contributed by atoms with Crippen LogP contribution < -0.4 is 14.8 Å². The van der Waals surface area contributed by atoms with Crippen molar-refractivity contribution in [2.45, 2.75) is 12.2 Å². The van der Waals surface area contributed by atoms with Gasteiger partial charge in [-0.1, -0.05) is 48.5 Å². The van der Waals surface area contributed by atoms with Crippen LogP contribution in [0.2, 0.25) is 0 Å². The van der Waals surface area contributed by atoms with Crippen LogP contribution in [0.15, 0.2) is 97.1 Å². The van der Waals surface area contributed by atoms with Gasteiger partial charge in [0.15, 0.2) is 12.2 Å². The molecule has 3 rings (SSSR count). The van der Waals surface area contributed by atoms with Gasteiger partial charge in [0.1, 0.15) is 18.1 Å². The largest absolute Gasteiger partial charge is 0.491 e. The van der Waals surface area contributed by atoms with E-state index >= 15 is 0 Å². The van der Waals surface area contributed by atoms with E-state index in [-0.39, 0.29) is 13.2 Å². The monoisotopic (exact) mass is 463 g/mol. The first-order valence-electron chi connectivity index (χ1n) is 10.5. The molecule has 0 unspecified atom stereocenters. The van der Waals surface area contributed by atoms with Gasteiger partial charge in [0.2, 0.25) is 0 Å². The third-order valence-electron chi connectivity index (χ3n) is 4.57. The molecule has 0 aliphatic rings. The highest BCUT2D eigenvalue weighted by atomic mass is 16.6. The second-order valence-corrected chi connectivity index (χ2v) is 7.05. The summed E-state index contributed by atoms with van der Waals surface area (Å²) in [6.07, 6.45) is -0.415. The zero-order valence-corrected chi connectivity index (χ0v) is 18.2. The van der Waals surface area contributed by atoms with Crippen LogP contribution in [0.5, 0.6) is 11.5 Å². The molecule has 0 heterocycles. The molecule has 3 aromatic carbocycles. The highest BCUT2D eigenvalue weighted by molar-refractivity contribution is 5.84. The summed E-state index contributed by atoms with van der Waals surface area (Å²) in [6.45, 7) is 0.0139. The predicted octanol–water partition coefficient (Wildman–Crippen LogP) is 4.44. The molecule has 3 aromatic rings. The van der Waals surface area contributed by atoms with Gasteiger partial charge in [0.05, 0.1) is 6.61 Å². The molecule has 3 N–H and O–H groups in total. The molecular weight excluding hydrogens is 438 g/mol. The Balaban J connectivity index is 1.90. The summed E-state index contributed by atoms with van der Waals surface area (Å²) in [4.78, 5) is 23.9. The van der Waals surface area contributed by atoms with Crippen molar-refractivity contribution in [2.75, 3.05) is 18.5 Å². The van der Waals surface area contributed by atoms with Crippen molar-refractivity contribution in [3.63, 3.8) is 0 Å². The summed E-state index contributed by atoms with van der Waals surface area (Å²) in [5.74, 6) is -0.170. The van der Waals surface area contributed by atoms with Gasteiger partial charge in [-0.05, 0) is 48.0 Å². The van der Waals surface area contributed by atoms with Gasteiger partial charge in [-0.25, -0.2) is 9.59 Å². The van der Waals surface area contributed by atoms with Crippen LogP contribution in [0.1, 0.15) is 11.7 Å². The summed E-state index contributed by atoms with van der Waals surface area (Å²) >= 11 is 0. The molecule has 0 saturated carbocycles. The lowest BCUT2D eigenvalue weighted by molar-refractivity contribution is -0.131. The van der Waals surface area contributed by atoms with Crippen molar-refractivity contribution in [1.29, 1.82) is 0 Å². The first kappa shape index (κ1) is 24.3. The summed E-state index contributed by atoms with van der Waals surface area (Å²) in [6, 6.07) is 24.3. The van der Waals surface area contributed by atoms with E-state index in [1.54, 1.807) is 72.8 Å². The van der Waals surface area contributed by atoms with Crippen LogP contribution in [0.3, 0.4) is 0 Å². The second kappa shape index (κ2) is 12.7. The van der Waals surface area contributed by atoms with Gasteiger partial charge in [-0.15, -0.1) is 0 Å². The van der Waals surface area contributed by atoms with Crippen LogP contribution in [0, 0.1) is 0 Å². The standard InChI is InChI=1S/C26H25NO7/c28-17-18-32-21-13-11-19(12-14-21)25(34-26(31)27-20-7-3-1-4-8-20)23(15-16-24(29)30)33-22-9-5-2-6-10-22/h1-16,23,25,28H,17-18H2,(H,27,31)(H,29,30)/b16-15+/t23-,25-/m1/s1. The van der Waals surface area contributed by atoms with E-state index in [0.717, 1.165) is 6.08 Å². The number of anilines is 1. The average molecular weight is 463 g/mol. The molecule has 0 spiro atoms. The molecule has 176 valence electrons. The van der Waals surface area contributed by atoms with Crippen molar-refractivity contribution in [3.05, 3.63) is 103 Å². The number of aliphatic hydroxyl groups is 1. The Labute approximate surface area is 197 Å².